The summed E-state index contributed by atoms with van der Waals surface area (Å²) in [5.41, 5.74) is -1.52. The molecule has 1 aliphatic heterocycles. The molecule has 0 aromatic carbocycles. The van der Waals surface area contributed by atoms with Crippen LogP contribution < -0.4 is 5.32 Å². The van der Waals surface area contributed by atoms with Gasteiger partial charge in [-0.1, -0.05) is 47.5 Å². The smallest absolute Gasteiger partial charge is 0.408 e. The number of alkyl carbamates (subject to hydrolysis) is 1. The van der Waals surface area contributed by atoms with Crippen LogP contribution in [0.1, 0.15) is 81.1 Å². The minimum absolute atomic E-state index is 0.0578. The van der Waals surface area contributed by atoms with Crippen LogP contribution in [0.4, 0.5) is 4.79 Å². The molecule has 0 bridgehead atoms. The van der Waals surface area contributed by atoms with Crippen molar-refractivity contribution in [3.8, 4) is 0 Å². The van der Waals surface area contributed by atoms with Crippen LogP contribution in [0.15, 0.2) is 0 Å². The molecule has 0 spiro atoms. The number of Topliss-reactive ketones (excluding diaryl/α,β-unsaturated/α-hetero) is 2. The molecule has 2 aliphatic carbocycles. The predicted octanol–water partition coefficient (Wildman–Crippen LogP) is 3.44. The number of ether oxygens (including phenoxy) is 1. The molecule has 2 unspecified atom stereocenters. The molecular formula is C27H42N2O7. The van der Waals surface area contributed by atoms with Gasteiger partial charge in [0, 0.05) is 18.9 Å². The van der Waals surface area contributed by atoms with E-state index in [9.17, 15) is 29.1 Å². The highest BCUT2D eigenvalue weighted by molar-refractivity contribution is 6.33. The fraction of sp³-hybridized carbons (Fsp3) is 0.815. The number of rotatable bonds is 9. The van der Waals surface area contributed by atoms with E-state index >= 15 is 0 Å². The third kappa shape index (κ3) is 6.09. The summed E-state index contributed by atoms with van der Waals surface area (Å²) in [7, 11) is 0. The number of carboxylic acids is 1. The minimum atomic E-state index is -1.52. The van der Waals surface area contributed by atoms with Gasteiger partial charge in [-0.15, -0.1) is 0 Å². The van der Waals surface area contributed by atoms with E-state index in [1.807, 2.05) is 20.8 Å². The molecule has 1 saturated heterocycles. The molecule has 0 aromatic heterocycles. The number of hydrogen-bond donors (Lipinski definition) is 2. The fourth-order valence-corrected chi connectivity index (χ4v) is 5.70. The number of carbonyl (C=O) groups excluding carboxylic acids is 4. The Morgan fingerprint density at radius 1 is 1.06 bits per heavy atom. The summed E-state index contributed by atoms with van der Waals surface area (Å²) >= 11 is 0. The Labute approximate surface area is 213 Å². The molecule has 2 amide bonds. The van der Waals surface area contributed by atoms with Crippen LogP contribution in [0.5, 0.6) is 0 Å². The van der Waals surface area contributed by atoms with Crippen molar-refractivity contribution in [1.82, 2.24) is 10.2 Å². The first-order valence-electron chi connectivity index (χ1n) is 12.9. The van der Waals surface area contributed by atoms with Gasteiger partial charge in [-0.05, 0) is 55.8 Å². The molecule has 2 N–H and O–H groups in total. The summed E-state index contributed by atoms with van der Waals surface area (Å²) in [6.07, 6.45) is 1.37. The van der Waals surface area contributed by atoms with E-state index < -0.39 is 46.9 Å². The maximum atomic E-state index is 13.8. The first-order chi connectivity index (χ1) is 16.3. The van der Waals surface area contributed by atoms with Crippen molar-refractivity contribution in [1.29, 1.82) is 0 Å². The number of hydrogen-bond acceptors (Lipinski definition) is 6. The Balaban J connectivity index is 1.83. The Morgan fingerprint density at radius 2 is 1.64 bits per heavy atom. The molecule has 3 fully saturated rings. The standard InChI is InChI=1S/C27H42N2O7/c1-25(2,3)21(28-24(35)36-26(4,5)6)22(32)29-13-16-18(27(16,7)8)19(29)17(30)12-15(11-14-9-10-14)20(31)23(33)34/h14-16,18-19,21H,9-13H2,1-8H3,(H,28,35)(H,33,34)/t15?,16?,18-,19+,21+/m0/s1. The number of ketones is 2. The summed E-state index contributed by atoms with van der Waals surface area (Å²) in [5, 5.41) is 12.0. The second-order valence-corrected chi connectivity index (χ2v) is 13.6. The minimum Gasteiger partial charge on any atom is -0.475 e. The summed E-state index contributed by atoms with van der Waals surface area (Å²) in [5.74, 6) is -3.61. The van der Waals surface area contributed by atoms with E-state index in [-0.39, 0.29) is 41.3 Å². The number of nitrogens with one attached hydrogen (secondary N) is 1. The van der Waals surface area contributed by atoms with Crippen molar-refractivity contribution in [2.45, 2.75) is 98.8 Å². The van der Waals surface area contributed by atoms with Gasteiger partial charge in [0.2, 0.25) is 11.7 Å². The van der Waals surface area contributed by atoms with E-state index in [1.54, 1.807) is 25.7 Å². The monoisotopic (exact) mass is 506 g/mol. The zero-order valence-corrected chi connectivity index (χ0v) is 22.8. The van der Waals surface area contributed by atoms with E-state index in [1.165, 1.54) is 0 Å². The third-order valence-corrected chi connectivity index (χ3v) is 7.94. The lowest BCUT2D eigenvalue weighted by atomic mass is 9.84. The molecule has 202 valence electrons. The van der Waals surface area contributed by atoms with Crippen LogP contribution in [0.2, 0.25) is 0 Å². The molecule has 36 heavy (non-hydrogen) atoms. The normalized spacial score (nSPS) is 26.4. The first kappa shape index (κ1) is 28.1. The van der Waals surface area contributed by atoms with Gasteiger partial charge in [-0.25, -0.2) is 9.59 Å². The highest BCUT2D eigenvalue weighted by Crippen LogP contribution is 2.65. The molecule has 3 rings (SSSR count). The van der Waals surface area contributed by atoms with E-state index in [0.717, 1.165) is 12.8 Å². The number of carbonyl (C=O) groups is 5. The number of aliphatic carboxylic acids is 1. The molecule has 1 heterocycles. The molecule has 0 radical (unpaired) electrons. The van der Waals surface area contributed by atoms with Crippen LogP contribution in [-0.2, 0) is 23.9 Å². The summed E-state index contributed by atoms with van der Waals surface area (Å²) in [6, 6.07) is -1.67. The molecule has 0 aromatic rings. The number of likely N-dealkylation sites (tertiary alicyclic amines) is 1. The lowest BCUT2D eigenvalue weighted by molar-refractivity contribution is -0.152. The predicted molar refractivity (Wildman–Crippen MR) is 132 cm³/mol. The Bertz CT molecular complexity index is 939. The molecule has 5 atom stereocenters. The molecular weight excluding hydrogens is 464 g/mol. The average molecular weight is 507 g/mol. The quantitative estimate of drug-likeness (QED) is 0.458. The SMILES string of the molecule is CC(C)(C)OC(=O)N[C@H](C(=O)N1CC2[C@@H]([C@H]1C(=O)CC(CC1CC1)C(=O)C(=O)O)C2(C)C)C(C)(C)C. The van der Waals surface area contributed by atoms with Crippen molar-refractivity contribution in [2.75, 3.05) is 6.54 Å². The van der Waals surface area contributed by atoms with Crippen molar-refractivity contribution in [3.63, 3.8) is 0 Å². The molecule has 3 aliphatic rings. The Hall–Kier alpha value is -2.45. The average Bonchev–Trinajstić information content (AvgIpc) is 3.55. The van der Waals surface area contributed by atoms with Crippen molar-refractivity contribution in [2.24, 2.45) is 34.5 Å². The lowest BCUT2D eigenvalue weighted by Crippen LogP contribution is -2.58. The van der Waals surface area contributed by atoms with E-state index in [0.29, 0.717) is 13.0 Å². The fourth-order valence-electron chi connectivity index (χ4n) is 5.70. The lowest BCUT2D eigenvalue weighted by Gasteiger charge is -2.38. The van der Waals surface area contributed by atoms with Gasteiger partial charge >= 0.3 is 12.1 Å². The van der Waals surface area contributed by atoms with E-state index in [2.05, 4.69) is 19.2 Å². The zero-order chi connectivity index (χ0) is 27.4. The number of amides is 2. The van der Waals surface area contributed by atoms with Crippen molar-refractivity contribution < 1.29 is 33.8 Å². The maximum Gasteiger partial charge on any atom is 0.408 e. The van der Waals surface area contributed by atoms with Gasteiger partial charge in [-0.3, -0.25) is 14.4 Å². The van der Waals surface area contributed by atoms with Crippen LogP contribution in [0, 0.1) is 34.5 Å². The van der Waals surface area contributed by atoms with Crippen LogP contribution >= 0.6 is 0 Å². The third-order valence-electron chi connectivity index (χ3n) is 7.94. The summed E-state index contributed by atoms with van der Waals surface area (Å²) in [6.45, 7) is 15.2. The molecule has 9 heteroatoms. The van der Waals surface area contributed by atoms with Gasteiger partial charge in [-0.2, -0.15) is 0 Å². The highest BCUT2D eigenvalue weighted by Gasteiger charge is 2.69. The topological polar surface area (TPSA) is 130 Å². The summed E-state index contributed by atoms with van der Waals surface area (Å²) < 4.78 is 5.38. The number of fused-ring (bicyclic) bond motifs is 1. The van der Waals surface area contributed by atoms with Crippen LogP contribution in [-0.4, -0.2) is 63.8 Å². The highest BCUT2D eigenvalue weighted by atomic mass is 16.6. The van der Waals surface area contributed by atoms with Crippen molar-refractivity contribution in [3.05, 3.63) is 0 Å². The number of piperidine rings is 1. The summed E-state index contributed by atoms with van der Waals surface area (Å²) in [4.78, 5) is 65.4. The Kier molecular flexibility index (Phi) is 7.38. The number of carboxylic acid groups (broad SMARTS) is 1. The van der Waals surface area contributed by atoms with E-state index in [4.69, 9.17) is 4.74 Å². The first-order valence-corrected chi connectivity index (χ1v) is 12.9. The number of nitrogens with zero attached hydrogens (tertiary/aromatic N) is 1. The molecule has 2 saturated carbocycles. The second kappa shape index (κ2) is 9.45. The maximum absolute atomic E-state index is 13.8. The van der Waals surface area contributed by atoms with Gasteiger partial charge in [0.25, 0.3) is 0 Å². The zero-order valence-electron chi connectivity index (χ0n) is 22.8. The van der Waals surface area contributed by atoms with Crippen LogP contribution in [0.25, 0.3) is 0 Å². The van der Waals surface area contributed by atoms with Gasteiger partial charge in [0.15, 0.2) is 5.78 Å². The second-order valence-electron chi connectivity index (χ2n) is 13.6. The van der Waals surface area contributed by atoms with Gasteiger partial charge in [0.1, 0.15) is 11.6 Å². The van der Waals surface area contributed by atoms with Crippen molar-refractivity contribution >= 4 is 29.5 Å². The van der Waals surface area contributed by atoms with Gasteiger partial charge in [0.05, 0.1) is 6.04 Å². The van der Waals surface area contributed by atoms with Gasteiger partial charge < -0.3 is 20.1 Å². The Morgan fingerprint density at radius 3 is 2.11 bits per heavy atom. The van der Waals surface area contributed by atoms with Crippen LogP contribution in [0.3, 0.4) is 0 Å². The molecule has 9 nitrogen and oxygen atoms in total. The largest absolute Gasteiger partial charge is 0.475 e.